The molecule has 30 heavy (non-hydrogen) atoms. The van der Waals surface area contributed by atoms with E-state index in [9.17, 15) is 9.90 Å². The van der Waals surface area contributed by atoms with Gasteiger partial charge in [0.15, 0.2) is 0 Å². The van der Waals surface area contributed by atoms with Crippen LogP contribution >= 0.6 is 0 Å². The Bertz CT molecular complexity index is 1020. The molecule has 2 aromatic carbocycles. The van der Waals surface area contributed by atoms with Gasteiger partial charge in [0.25, 0.3) is 0 Å². The topological polar surface area (TPSA) is 69.6 Å². The van der Waals surface area contributed by atoms with Gasteiger partial charge in [-0.15, -0.1) is 0 Å². The first-order valence-corrected chi connectivity index (χ1v) is 10.5. The van der Waals surface area contributed by atoms with Crippen molar-refractivity contribution in [1.82, 2.24) is 14.9 Å². The third kappa shape index (κ3) is 4.28. The zero-order valence-electron chi connectivity index (χ0n) is 17.5. The first kappa shape index (κ1) is 20.3. The summed E-state index contributed by atoms with van der Waals surface area (Å²) >= 11 is 0. The number of amides is 1. The van der Waals surface area contributed by atoms with Crippen LogP contribution in [0.15, 0.2) is 54.6 Å². The van der Waals surface area contributed by atoms with E-state index in [1.165, 1.54) is 0 Å². The highest BCUT2D eigenvalue weighted by Gasteiger charge is 2.29. The number of aliphatic hydroxyl groups is 1. The second-order valence-electron chi connectivity index (χ2n) is 8.03. The molecule has 0 bridgehead atoms. The number of benzene rings is 2. The summed E-state index contributed by atoms with van der Waals surface area (Å²) in [5.41, 5.74) is 2.76. The predicted molar refractivity (Wildman–Crippen MR) is 118 cm³/mol. The zero-order valence-corrected chi connectivity index (χ0v) is 17.5. The molecular weight excluding hydrogens is 376 g/mol. The van der Waals surface area contributed by atoms with E-state index in [0.717, 1.165) is 54.0 Å². The highest BCUT2D eigenvalue weighted by atomic mass is 16.3. The van der Waals surface area contributed by atoms with Crippen molar-refractivity contribution >= 4 is 22.8 Å². The molecule has 6 heteroatoms. The molecule has 0 saturated carbocycles. The summed E-state index contributed by atoms with van der Waals surface area (Å²) in [4.78, 5) is 26.1. The Kier molecular flexibility index (Phi) is 5.95. The molecule has 0 spiro atoms. The number of rotatable bonds is 5. The van der Waals surface area contributed by atoms with Crippen LogP contribution in [0.2, 0.25) is 0 Å². The van der Waals surface area contributed by atoms with Crippen molar-refractivity contribution in [2.45, 2.75) is 25.9 Å². The number of hydrogen-bond donors (Lipinski definition) is 1. The molecule has 156 valence electrons. The Balaban J connectivity index is 1.36. The highest BCUT2D eigenvalue weighted by Crippen LogP contribution is 2.25. The lowest BCUT2D eigenvalue weighted by Crippen LogP contribution is -2.42. The van der Waals surface area contributed by atoms with Gasteiger partial charge < -0.3 is 14.9 Å². The molecule has 1 N–H and O–H groups in total. The zero-order chi connectivity index (χ0) is 21.1. The van der Waals surface area contributed by atoms with Crippen LogP contribution in [0, 0.1) is 12.8 Å². The van der Waals surface area contributed by atoms with E-state index in [4.69, 9.17) is 4.98 Å². The van der Waals surface area contributed by atoms with Crippen LogP contribution in [0.25, 0.3) is 10.9 Å². The maximum atomic E-state index is 12.9. The summed E-state index contributed by atoms with van der Waals surface area (Å²) in [6, 6.07) is 17.5. The summed E-state index contributed by atoms with van der Waals surface area (Å²) in [6.45, 7) is 3.82. The Morgan fingerprint density at radius 2 is 1.77 bits per heavy atom. The molecule has 0 radical (unpaired) electrons. The monoisotopic (exact) mass is 404 g/mol. The number of nitrogens with zero attached hydrogens (tertiary/aromatic N) is 4. The lowest BCUT2D eigenvalue weighted by molar-refractivity contribution is -0.136. The minimum Gasteiger partial charge on any atom is -0.387 e. The quantitative estimate of drug-likeness (QED) is 0.706. The first-order valence-electron chi connectivity index (χ1n) is 10.5. The van der Waals surface area contributed by atoms with Crippen LogP contribution in [-0.2, 0) is 4.79 Å². The van der Waals surface area contributed by atoms with E-state index < -0.39 is 6.10 Å². The number of fused-ring (bicyclic) bond motifs is 1. The number of para-hydroxylation sites is 1. The van der Waals surface area contributed by atoms with Gasteiger partial charge in [-0.2, -0.15) is 0 Å². The Labute approximate surface area is 177 Å². The van der Waals surface area contributed by atoms with Crippen LogP contribution in [0.4, 0.5) is 5.95 Å². The summed E-state index contributed by atoms with van der Waals surface area (Å²) in [5.74, 6) is 0.806. The smallest absolute Gasteiger partial charge is 0.226 e. The Morgan fingerprint density at radius 1 is 1.10 bits per heavy atom. The summed E-state index contributed by atoms with van der Waals surface area (Å²) in [7, 11) is 1.77. The van der Waals surface area contributed by atoms with Gasteiger partial charge in [-0.05, 0) is 31.4 Å². The number of carbonyl (C=O) groups excluding carboxylic acids is 1. The van der Waals surface area contributed by atoms with E-state index in [2.05, 4.69) is 9.88 Å². The molecule has 1 atom stereocenters. The lowest BCUT2D eigenvalue weighted by Gasteiger charge is -2.33. The molecule has 2 heterocycles. The van der Waals surface area contributed by atoms with E-state index >= 15 is 0 Å². The standard InChI is InChI=1S/C24H28N4O2/c1-17-20-10-6-7-11-21(20)26-24(25-17)28-14-12-19(13-15-28)23(30)27(2)16-22(29)18-8-4-3-5-9-18/h3-11,19,22,29H,12-16H2,1-2H3/t22-/m0/s1. The largest absolute Gasteiger partial charge is 0.387 e. The maximum absolute atomic E-state index is 12.9. The molecule has 1 fully saturated rings. The van der Waals surface area contributed by atoms with Gasteiger partial charge in [0.1, 0.15) is 0 Å². The molecule has 0 unspecified atom stereocenters. The number of carbonyl (C=O) groups is 1. The van der Waals surface area contributed by atoms with Crippen LogP contribution in [0.1, 0.15) is 30.2 Å². The fourth-order valence-electron chi connectivity index (χ4n) is 4.13. The second-order valence-corrected chi connectivity index (χ2v) is 8.03. The van der Waals surface area contributed by atoms with Crippen LogP contribution < -0.4 is 4.90 Å². The molecule has 0 aliphatic carbocycles. The van der Waals surface area contributed by atoms with Gasteiger partial charge in [-0.1, -0.05) is 48.5 Å². The highest BCUT2D eigenvalue weighted by molar-refractivity contribution is 5.82. The normalized spacial score (nSPS) is 15.9. The molecule has 1 aliphatic rings. The molecule has 1 amide bonds. The first-order chi connectivity index (χ1) is 14.5. The number of piperidine rings is 1. The molecule has 1 aromatic heterocycles. The van der Waals surface area contributed by atoms with Crippen molar-refractivity contribution in [1.29, 1.82) is 0 Å². The molecule has 1 saturated heterocycles. The number of aliphatic hydroxyl groups excluding tert-OH is 1. The summed E-state index contributed by atoms with van der Waals surface area (Å²) in [6.07, 6.45) is 0.855. The van der Waals surface area contributed by atoms with Crippen molar-refractivity contribution < 1.29 is 9.90 Å². The number of hydrogen-bond acceptors (Lipinski definition) is 5. The van der Waals surface area contributed by atoms with E-state index in [1.54, 1.807) is 11.9 Å². The average Bonchev–Trinajstić information content (AvgIpc) is 2.79. The lowest BCUT2D eigenvalue weighted by atomic mass is 9.95. The summed E-state index contributed by atoms with van der Waals surface area (Å²) < 4.78 is 0. The number of aromatic nitrogens is 2. The third-order valence-electron chi connectivity index (χ3n) is 5.92. The number of aryl methyl sites for hydroxylation is 1. The van der Waals surface area contributed by atoms with Gasteiger partial charge in [0.05, 0.1) is 23.9 Å². The minimum absolute atomic E-state index is 0.0317. The Morgan fingerprint density at radius 3 is 2.50 bits per heavy atom. The van der Waals surface area contributed by atoms with Crippen molar-refractivity contribution in [2.24, 2.45) is 5.92 Å². The van der Waals surface area contributed by atoms with Gasteiger partial charge >= 0.3 is 0 Å². The van der Waals surface area contributed by atoms with Crippen molar-refractivity contribution in [3.05, 3.63) is 65.9 Å². The number of anilines is 1. The van der Waals surface area contributed by atoms with Crippen molar-refractivity contribution in [3.63, 3.8) is 0 Å². The molecule has 4 rings (SSSR count). The molecule has 6 nitrogen and oxygen atoms in total. The number of likely N-dealkylation sites (N-methyl/N-ethyl adjacent to an activating group) is 1. The van der Waals surface area contributed by atoms with Gasteiger partial charge in [0.2, 0.25) is 11.9 Å². The van der Waals surface area contributed by atoms with Gasteiger partial charge in [0, 0.05) is 31.4 Å². The molecule has 1 aliphatic heterocycles. The predicted octanol–water partition coefficient (Wildman–Crippen LogP) is 3.35. The average molecular weight is 405 g/mol. The Hall–Kier alpha value is -2.99. The van der Waals surface area contributed by atoms with Crippen LogP contribution in [0.3, 0.4) is 0 Å². The van der Waals surface area contributed by atoms with Gasteiger partial charge in [-0.25, -0.2) is 9.97 Å². The van der Waals surface area contributed by atoms with E-state index in [1.807, 2.05) is 61.5 Å². The molecular formula is C24H28N4O2. The van der Waals surface area contributed by atoms with Crippen LogP contribution in [0.5, 0.6) is 0 Å². The van der Waals surface area contributed by atoms with Crippen molar-refractivity contribution in [3.8, 4) is 0 Å². The fraction of sp³-hybridized carbons (Fsp3) is 0.375. The summed E-state index contributed by atoms with van der Waals surface area (Å²) in [5, 5.41) is 11.5. The van der Waals surface area contributed by atoms with E-state index in [0.29, 0.717) is 6.54 Å². The van der Waals surface area contributed by atoms with Crippen molar-refractivity contribution in [2.75, 3.05) is 31.6 Å². The second kappa shape index (κ2) is 8.79. The molecule has 3 aromatic rings. The third-order valence-corrected chi connectivity index (χ3v) is 5.92. The SMILES string of the molecule is Cc1nc(N2CCC(C(=O)N(C)C[C@H](O)c3ccccc3)CC2)nc2ccccc12. The van der Waals surface area contributed by atoms with E-state index in [-0.39, 0.29) is 11.8 Å². The fourth-order valence-corrected chi connectivity index (χ4v) is 4.13. The maximum Gasteiger partial charge on any atom is 0.226 e. The van der Waals surface area contributed by atoms with Crippen LogP contribution in [-0.4, -0.2) is 52.6 Å². The van der Waals surface area contributed by atoms with Gasteiger partial charge in [-0.3, -0.25) is 4.79 Å². The minimum atomic E-state index is -0.672.